The molecule has 0 aliphatic rings. The molecule has 0 unspecified atom stereocenters. The Bertz CT molecular complexity index is 705. The fourth-order valence-electron chi connectivity index (χ4n) is 2.43. The van der Waals surface area contributed by atoms with Crippen molar-refractivity contribution in [3.05, 3.63) is 65.7 Å². The average molecular weight is 352 g/mol. The Hall–Kier alpha value is -2.54. The van der Waals surface area contributed by atoms with Crippen LogP contribution in [-0.4, -0.2) is 30.3 Å². The molecule has 7 heteroatoms. The first-order valence-electron chi connectivity index (χ1n) is 7.64. The number of likely N-dealkylation sites (N-methyl/N-ethyl adjacent to an activating group) is 1. The van der Waals surface area contributed by atoms with Crippen LogP contribution in [0.2, 0.25) is 0 Å². The molecule has 0 heterocycles. The fraction of sp³-hybridized carbons (Fsp3) is 0.278. The lowest BCUT2D eigenvalue weighted by Gasteiger charge is -2.22. The Kier molecular flexibility index (Phi) is 6.03. The van der Waals surface area contributed by atoms with E-state index in [1.54, 1.807) is 13.1 Å². The first-order chi connectivity index (χ1) is 11.7. The number of hydrogen-bond acceptors (Lipinski definition) is 3. The number of carbonyl (C=O) groups is 1. The molecule has 0 aromatic heterocycles. The molecule has 2 aromatic rings. The van der Waals surface area contributed by atoms with Crippen molar-refractivity contribution >= 4 is 5.91 Å². The molecule has 2 rings (SSSR count). The standard InChI is InChI=1S/C18H19F3N2O2/c1-23(17(24)16(22)11-13-6-3-2-4-7-13)12-14-8-5-9-15(10-14)25-18(19,20)21/h2-10,16H,11-12,22H2,1H3/t16-/m0/s1. The van der Waals surface area contributed by atoms with E-state index in [1.165, 1.54) is 23.1 Å². The van der Waals surface area contributed by atoms with Crippen molar-refractivity contribution in [2.24, 2.45) is 5.73 Å². The van der Waals surface area contributed by atoms with Gasteiger partial charge in [-0.2, -0.15) is 0 Å². The van der Waals surface area contributed by atoms with E-state index in [0.717, 1.165) is 5.56 Å². The number of nitrogens with two attached hydrogens (primary N) is 1. The Morgan fingerprint density at radius 3 is 2.40 bits per heavy atom. The zero-order chi connectivity index (χ0) is 18.4. The van der Waals surface area contributed by atoms with Gasteiger partial charge in [0.2, 0.25) is 5.91 Å². The highest BCUT2D eigenvalue weighted by molar-refractivity contribution is 5.81. The summed E-state index contributed by atoms with van der Waals surface area (Å²) in [4.78, 5) is 13.7. The molecule has 1 amide bonds. The molecule has 0 saturated heterocycles. The summed E-state index contributed by atoms with van der Waals surface area (Å²) < 4.78 is 40.7. The maximum absolute atomic E-state index is 12.4. The maximum atomic E-state index is 12.4. The predicted molar refractivity (Wildman–Crippen MR) is 87.7 cm³/mol. The molecule has 2 N–H and O–H groups in total. The van der Waals surface area contributed by atoms with Crippen molar-refractivity contribution in [2.75, 3.05) is 7.05 Å². The Balaban J connectivity index is 1.97. The van der Waals surface area contributed by atoms with Crippen LogP contribution in [0.1, 0.15) is 11.1 Å². The molecule has 134 valence electrons. The molecule has 0 aliphatic heterocycles. The smallest absolute Gasteiger partial charge is 0.406 e. The third-order valence-electron chi connectivity index (χ3n) is 3.54. The summed E-state index contributed by atoms with van der Waals surface area (Å²) >= 11 is 0. The van der Waals surface area contributed by atoms with Crippen LogP contribution in [0, 0.1) is 0 Å². The molecule has 0 spiro atoms. The minimum Gasteiger partial charge on any atom is -0.406 e. The van der Waals surface area contributed by atoms with Gasteiger partial charge in [-0.1, -0.05) is 42.5 Å². The third kappa shape index (κ3) is 6.11. The van der Waals surface area contributed by atoms with Gasteiger partial charge in [0.25, 0.3) is 0 Å². The van der Waals surface area contributed by atoms with Gasteiger partial charge in [-0.3, -0.25) is 4.79 Å². The zero-order valence-corrected chi connectivity index (χ0v) is 13.7. The minimum absolute atomic E-state index is 0.135. The summed E-state index contributed by atoms with van der Waals surface area (Å²) in [6.45, 7) is 0.135. The van der Waals surface area contributed by atoms with Crippen LogP contribution >= 0.6 is 0 Å². The Labute approximate surface area is 144 Å². The van der Waals surface area contributed by atoms with Gasteiger partial charge in [0, 0.05) is 13.6 Å². The SMILES string of the molecule is CN(Cc1cccc(OC(F)(F)F)c1)C(=O)[C@@H](N)Cc1ccccc1. The van der Waals surface area contributed by atoms with Gasteiger partial charge in [-0.25, -0.2) is 0 Å². The topological polar surface area (TPSA) is 55.6 Å². The van der Waals surface area contributed by atoms with Gasteiger partial charge in [-0.05, 0) is 29.7 Å². The van der Waals surface area contributed by atoms with Crippen LogP contribution in [-0.2, 0) is 17.8 Å². The van der Waals surface area contributed by atoms with Crippen molar-refractivity contribution < 1.29 is 22.7 Å². The number of hydrogen-bond donors (Lipinski definition) is 1. The second-order valence-electron chi connectivity index (χ2n) is 5.69. The molecule has 4 nitrogen and oxygen atoms in total. The average Bonchev–Trinajstić information content (AvgIpc) is 2.53. The van der Waals surface area contributed by atoms with Crippen molar-refractivity contribution in [3.8, 4) is 5.75 Å². The minimum atomic E-state index is -4.75. The van der Waals surface area contributed by atoms with Crippen LogP contribution in [0.3, 0.4) is 0 Å². The molecule has 0 saturated carbocycles. The highest BCUT2D eigenvalue weighted by Gasteiger charge is 2.31. The number of rotatable bonds is 6. The first kappa shape index (κ1) is 18.8. The summed E-state index contributed by atoms with van der Waals surface area (Å²) in [5.41, 5.74) is 7.41. The zero-order valence-electron chi connectivity index (χ0n) is 13.7. The van der Waals surface area contributed by atoms with Crippen LogP contribution < -0.4 is 10.5 Å². The number of amides is 1. The maximum Gasteiger partial charge on any atom is 0.573 e. The van der Waals surface area contributed by atoms with Crippen LogP contribution in [0.25, 0.3) is 0 Å². The van der Waals surface area contributed by atoms with E-state index in [-0.39, 0.29) is 18.2 Å². The van der Waals surface area contributed by atoms with E-state index >= 15 is 0 Å². The number of carbonyl (C=O) groups excluding carboxylic acids is 1. The van der Waals surface area contributed by atoms with E-state index in [1.807, 2.05) is 30.3 Å². The van der Waals surface area contributed by atoms with Crippen LogP contribution in [0.15, 0.2) is 54.6 Å². The van der Waals surface area contributed by atoms with Crippen LogP contribution in [0.4, 0.5) is 13.2 Å². The number of halogens is 3. The van der Waals surface area contributed by atoms with Gasteiger partial charge in [0.15, 0.2) is 0 Å². The summed E-state index contributed by atoms with van der Waals surface area (Å²) in [5, 5.41) is 0. The van der Waals surface area contributed by atoms with E-state index in [9.17, 15) is 18.0 Å². The second kappa shape index (κ2) is 8.02. The number of benzene rings is 2. The molecular formula is C18H19F3N2O2. The molecule has 2 aromatic carbocycles. The number of nitrogens with zero attached hydrogens (tertiary/aromatic N) is 1. The number of alkyl halides is 3. The van der Waals surface area contributed by atoms with E-state index in [2.05, 4.69) is 4.74 Å². The molecular weight excluding hydrogens is 333 g/mol. The highest BCUT2D eigenvalue weighted by atomic mass is 19.4. The van der Waals surface area contributed by atoms with Crippen molar-refractivity contribution in [2.45, 2.75) is 25.4 Å². The van der Waals surface area contributed by atoms with Crippen LogP contribution in [0.5, 0.6) is 5.75 Å². The van der Waals surface area contributed by atoms with E-state index in [0.29, 0.717) is 12.0 Å². The lowest BCUT2D eigenvalue weighted by atomic mass is 10.1. The summed E-state index contributed by atoms with van der Waals surface area (Å²) in [5.74, 6) is -0.606. The first-order valence-corrected chi connectivity index (χ1v) is 7.64. The summed E-state index contributed by atoms with van der Waals surface area (Å²) in [7, 11) is 1.56. The highest BCUT2D eigenvalue weighted by Crippen LogP contribution is 2.23. The van der Waals surface area contributed by atoms with Gasteiger partial charge in [-0.15, -0.1) is 13.2 Å². The monoisotopic (exact) mass is 352 g/mol. The van der Waals surface area contributed by atoms with Gasteiger partial charge < -0.3 is 15.4 Å². The van der Waals surface area contributed by atoms with E-state index < -0.39 is 12.4 Å². The van der Waals surface area contributed by atoms with Gasteiger partial charge in [0.05, 0.1) is 6.04 Å². The molecule has 0 bridgehead atoms. The molecule has 0 radical (unpaired) electrons. The molecule has 1 atom stereocenters. The number of ether oxygens (including phenoxy) is 1. The third-order valence-corrected chi connectivity index (χ3v) is 3.54. The Morgan fingerprint density at radius 1 is 1.12 bits per heavy atom. The summed E-state index contributed by atoms with van der Waals surface area (Å²) in [6.07, 6.45) is -4.36. The molecule has 0 fully saturated rings. The lowest BCUT2D eigenvalue weighted by Crippen LogP contribution is -2.42. The van der Waals surface area contributed by atoms with Gasteiger partial charge in [0.1, 0.15) is 5.75 Å². The second-order valence-corrected chi connectivity index (χ2v) is 5.69. The van der Waals surface area contributed by atoms with Crippen molar-refractivity contribution in [1.29, 1.82) is 0 Å². The Morgan fingerprint density at radius 2 is 1.76 bits per heavy atom. The summed E-state index contributed by atoms with van der Waals surface area (Å²) in [6, 6.07) is 14.2. The normalized spacial score (nSPS) is 12.5. The lowest BCUT2D eigenvalue weighted by molar-refractivity contribution is -0.274. The van der Waals surface area contributed by atoms with Crippen molar-refractivity contribution in [3.63, 3.8) is 0 Å². The van der Waals surface area contributed by atoms with Gasteiger partial charge >= 0.3 is 6.36 Å². The molecule has 25 heavy (non-hydrogen) atoms. The van der Waals surface area contributed by atoms with E-state index in [4.69, 9.17) is 5.73 Å². The van der Waals surface area contributed by atoms with Crippen molar-refractivity contribution in [1.82, 2.24) is 4.90 Å². The fourth-order valence-corrected chi connectivity index (χ4v) is 2.43. The quantitative estimate of drug-likeness (QED) is 0.869. The molecule has 0 aliphatic carbocycles. The largest absolute Gasteiger partial charge is 0.573 e. The predicted octanol–water partition coefficient (Wildman–Crippen LogP) is 3.11.